The van der Waals surface area contributed by atoms with E-state index >= 15 is 0 Å². The van der Waals surface area contributed by atoms with E-state index in [1.54, 1.807) is 0 Å². The highest BCUT2D eigenvalue weighted by Gasteiger charge is 2.29. The molecule has 0 bridgehead atoms. The van der Waals surface area contributed by atoms with Gasteiger partial charge in [0.15, 0.2) is 0 Å². The van der Waals surface area contributed by atoms with Crippen LogP contribution in [0.25, 0.3) is 0 Å². The number of esters is 1. The van der Waals surface area contributed by atoms with Gasteiger partial charge in [-0.15, -0.1) is 0 Å². The van der Waals surface area contributed by atoms with Crippen molar-refractivity contribution in [1.82, 2.24) is 0 Å². The monoisotopic (exact) mass is 458 g/mol. The second-order valence-corrected chi connectivity index (χ2v) is 9.45. The molecule has 0 spiro atoms. The van der Waals surface area contributed by atoms with E-state index in [2.05, 4.69) is 18.2 Å². The Balaban J connectivity index is 1.85. The fraction of sp³-hybridized carbons (Fsp3) is 0.500. The molecule has 2 N–H and O–H groups in total. The van der Waals surface area contributed by atoms with Gasteiger partial charge in [0.1, 0.15) is 5.75 Å². The summed E-state index contributed by atoms with van der Waals surface area (Å²) in [5, 5.41) is 20.0. The number of carbonyl (C=O) groups excluding carboxylic acids is 1. The number of para-hydroxylation sites is 1. The summed E-state index contributed by atoms with van der Waals surface area (Å²) in [6, 6.07) is 16.4. The Bertz CT molecular complexity index is 835. The van der Waals surface area contributed by atoms with Crippen LogP contribution in [0.5, 0.6) is 5.75 Å². The SMILES string of the molecule is COC(=O)CCSC(c1cccc(C2CCCC2)c1OCCc1ccccc1)C(O)CO. The van der Waals surface area contributed by atoms with Crippen molar-refractivity contribution in [1.29, 1.82) is 0 Å². The van der Waals surface area contributed by atoms with Crippen molar-refractivity contribution in [3.05, 3.63) is 65.2 Å². The molecule has 0 saturated heterocycles. The molecule has 0 radical (unpaired) electrons. The summed E-state index contributed by atoms with van der Waals surface area (Å²) in [6.45, 7) is 0.183. The number of methoxy groups -OCH3 is 1. The molecule has 1 aliphatic carbocycles. The van der Waals surface area contributed by atoms with E-state index in [0.29, 0.717) is 18.3 Å². The number of benzene rings is 2. The highest BCUT2D eigenvalue weighted by atomic mass is 32.2. The second-order valence-electron chi connectivity index (χ2n) is 8.20. The second kappa shape index (κ2) is 12.9. The Kier molecular flexibility index (Phi) is 9.90. The predicted octanol–water partition coefficient (Wildman–Crippen LogP) is 4.66. The van der Waals surface area contributed by atoms with Crippen LogP contribution >= 0.6 is 11.8 Å². The molecule has 1 aliphatic rings. The summed E-state index contributed by atoms with van der Waals surface area (Å²) in [5.74, 6) is 1.49. The van der Waals surface area contributed by atoms with Crippen molar-refractivity contribution < 1.29 is 24.5 Å². The van der Waals surface area contributed by atoms with Crippen molar-refractivity contribution in [2.24, 2.45) is 0 Å². The number of thioether (sulfide) groups is 1. The quantitative estimate of drug-likeness (QED) is 0.451. The minimum absolute atomic E-state index is 0.252. The maximum absolute atomic E-state index is 11.6. The van der Waals surface area contributed by atoms with Gasteiger partial charge in [0.2, 0.25) is 0 Å². The van der Waals surface area contributed by atoms with Gasteiger partial charge < -0.3 is 19.7 Å². The van der Waals surface area contributed by atoms with E-state index in [1.165, 1.54) is 42.8 Å². The molecule has 2 atom stereocenters. The lowest BCUT2D eigenvalue weighted by Crippen LogP contribution is -2.22. The molecule has 1 saturated carbocycles. The lowest BCUT2D eigenvalue weighted by atomic mass is 9.92. The zero-order valence-electron chi connectivity index (χ0n) is 18.7. The number of hydrogen-bond acceptors (Lipinski definition) is 6. The lowest BCUT2D eigenvalue weighted by molar-refractivity contribution is -0.140. The molecule has 0 amide bonds. The smallest absolute Gasteiger partial charge is 0.306 e. The number of ether oxygens (including phenoxy) is 2. The van der Waals surface area contributed by atoms with E-state index in [9.17, 15) is 15.0 Å². The lowest BCUT2D eigenvalue weighted by Gasteiger charge is -2.27. The molecule has 2 aromatic rings. The van der Waals surface area contributed by atoms with E-state index in [4.69, 9.17) is 9.47 Å². The predicted molar refractivity (Wildman–Crippen MR) is 128 cm³/mol. The van der Waals surface area contributed by atoms with Crippen LogP contribution in [0.3, 0.4) is 0 Å². The first-order valence-electron chi connectivity index (χ1n) is 11.4. The standard InChI is InChI=1S/C26H34O5S/c1-30-24(29)15-17-32-26(23(28)18-27)22-13-7-12-21(20-10-5-6-11-20)25(22)31-16-14-19-8-3-2-4-9-19/h2-4,7-9,12-13,20,23,26-28H,5-6,10-11,14-18H2,1H3. The molecule has 0 heterocycles. The zero-order chi connectivity index (χ0) is 22.8. The topological polar surface area (TPSA) is 76.0 Å². The Labute approximate surface area is 195 Å². The molecule has 1 fully saturated rings. The van der Waals surface area contributed by atoms with Gasteiger partial charge in [-0.1, -0.05) is 61.4 Å². The van der Waals surface area contributed by atoms with Crippen LogP contribution < -0.4 is 4.74 Å². The van der Waals surface area contributed by atoms with Gasteiger partial charge in [-0.3, -0.25) is 4.79 Å². The van der Waals surface area contributed by atoms with E-state index < -0.39 is 11.4 Å². The number of rotatable bonds is 12. The minimum Gasteiger partial charge on any atom is -0.493 e. The Morgan fingerprint density at radius 1 is 1.12 bits per heavy atom. The third-order valence-electron chi connectivity index (χ3n) is 6.03. The fourth-order valence-corrected chi connectivity index (χ4v) is 5.53. The third-order valence-corrected chi connectivity index (χ3v) is 7.39. The maximum Gasteiger partial charge on any atom is 0.306 e. The van der Waals surface area contributed by atoms with Crippen LogP contribution in [0.15, 0.2) is 48.5 Å². The molecule has 2 aromatic carbocycles. The van der Waals surface area contributed by atoms with Crippen LogP contribution in [0.1, 0.15) is 60.0 Å². The van der Waals surface area contributed by atoms with Crippen LogP contribution in [0, 0.1) is 0 Å². The van der Waals surface area contributed by atoms with Gasteiger partial charge in [-0.05, 0) is 29.9 Å². The van der Waals surface area contributed by atoms with E-state index in [1.807, 2.05) is 30.3 Å². The van der Waals surface area contributed by atoms with Gasteiger partial charge in [0, 0.05) is 17.7 Å². The van der Waals surface area contributed by atoms with Crippen molar-refractivity contribution in [2.75, 3.05) is 26.1 Å². The van der Waals surface area contributed by atoms with E-state index in [-0.39, 0.29) is 19.0 Å². The van der Waals surface area contributed by atoms with Gasteiger partial charge in [0.05, 0.1) is 38.1 Å². The van der Waals surface area contributed by atoms with Crippen molar-refractivity contribution in [2.45, 2.75) is 55.8 Å². The van der Waals surface area contributed by atoms with E-state index in [0.717, 1.165) is 30.6 Å². The number of carbonyl (C=O) groups is 1. The van der Waals surface area contributed by atoms with Crippen LogP contribution in [0.2, 0.25) is 0 Å². The maximum atomic E-state index is 11.6. The highest BCUT2D eigenvalue weighted by Crippen LogP contribution is 2.45. The third kappa shape index (κ3) is 6.74. The molecule has 174 valence electrons. The Morgan fingerprint density at radius 3 is 2.56 bits per heavy atom. The summed E-state index contributed by atoms with van der Waals surface area (Å²) < 4.78 is 11.2. The first kappa shape index (κ1) is 24.6. The van der Waals surface area contributed by atoms with Crippen molar-refractivity contribution in [3.63, 3.8) is 0 Å². The number of aliphatic hydroxyl groups excluding tert-OH is 2. The van der Waals surface area contributed by atoms with Crippen molar-refractivity contribution >= 4 is 17.7 Å². The summed E-state index contributed by atoms with van der Waals surface area (Å²) in [5.41, 5.74) is 3.29. The summed E-state index contributed by atoms with van der Waals surface area (Å²) in [7, 11) is 1.37. The molecule has 0 aromatic heterocycles. The zero-order valence-corrected chi connectivity index (χ0v) is 19.6. The first-order valence-corrected chi connectivity index (χ1v) is 12.5. The average molecular weight is 459 g/mol. The molecule has 2 unspecified atom stereocenters. The van der Waals surface area contributed by atoms with Gasteiger partial charge in [0.25, 0.3) is 0 Å². The molecule has 32 heavy (non-hydrogen) atoms. The van der Waals surface area contributed by atoms with Crippen molar-refractivity contribution in [3.8, 4) is 5.75 Å². The highest BCUT2D eigenvalue weighted by molar-refractivity contribution is 7.99. The summed E-state index contributed by atoms with van der Waals surface area (Å²) in [6.07, 6.45) is 4.81. The molecule has 3 rings (SSSR count). The molecular weight excluding hydrogens is 424 g/mol. The average Bonchev–Trinajstić information content (AvgIpc) is 3.37. The molecule has 5 nitrogen and oxygen atoms in total. The fourth-order valence-electron chi connectivity index (χ4n) is 4.31. The van der Waals surface area contributed by atoms with Gasteiger partial charge in [-0.2, -0.15) is 11.8 Å². The molecule has 6 heteroatoms. The molecular formula is C26H34O5S. The van der Waals surface area contributed by atoms with Gasteiger partial charge in [-0.25, -0.2) is 0 Å². The van der Waals surface area contributed by atoms with Crippen LogP contribution in [-0.2, 0) is 16.0 Å². The van der Waals surface area contributed by atoms with Gasteiger partial charge >= 0.3 is 5.97 Å². The largest absolute Gasteiger partial charge is 0.493 e. The number of hydrogen-bond donors (Lipinski definition) is 2. The Hall–Kier alpha value is -2.02. The molecule has 0 aliphatic heterocycles. The van der Waals surface area contributed by atoms with Crippen LogP contribution in [0.4, 0.5) is 0 Å². The number of aliphatic hydroxyl groups is 2. The first-order chi connectivity index (χ1) is 15.6. The normalized spacial score (nSPS) is 16.0. The van der Waals surface area contributed by atoms with Crippen LogP contribution in [-0.4, -0.2) is 48.4 Å². The minimum atomic E-state index is -0.951. The summed E-state index contributed by atoms with van der Waals surface area (Å²) >= 11 is 1.46. The Morgan fingerprint density at radius 2 is 1.88 bits per heavy atom. The summed E-state index contributed by atoms with van der Waals surface area (Å²) in [4.78, 5) is 11.6.